The molecule has 0 atom stereocenters. The number of hydrogen-bond acceptors (Lipinski definition) is 0. The Kier molecular flexibility index (Phi) is 3.61. The van der Waals surface area contributed by atoms with Crippen molar-refractivity contribution in [2.45, 2.75) is 6.92 Å². The van der Waals surface area contributed by atoms with Crippen molar-refractivity contribution >= 4 is 0 Å². The van der Waals surface area contributed by atoms with E-state index in [-0.39, 0.29) is 24.7 Å². The number of aryl methyl sites for hydroxylation is 1. The summed E-state index contributed by atoms with van der Waals surface area (Å²) in [5.74, 6) is -0.226. The molecule has 0 fully saturated rings. The molecule has 0 saturated carbocycles. The van der Waals surface area contributed by atoms with Crippen molar-refractivity contribution < 1.29 is 23.3 Å². The third-order valence-corrected chi connectivity index (χ3v) is 0.930. The van der Waals surface area contributed by atoms with Crippen molar-refractivity contribution in [2.75, 3.05) is 0 Å². The maximum absolute atomic E-state index is 12.1. The molecule has 0 aliphatic rings. The van der Waals surface area contributed by atoms with E-state index in [2.05, 4.69) is 6.07 Å². The Bertz CT molecular complexity index is 148. The van der Waals surface area contributed by atoms with E-state index in [4.69, 9.17) is 0 Å². The van der Waals surface area contributed by atoms with Gasteiger partial charge in [0.15, 0.2) is 0 Å². The summed E-state index contributed by atoms with van der Waals surface area (Å²) in [5.41, 5.74) is 0.964. The van der Waals surface area contributed by atoms with E-state index in [1.807, 2.05) is 6.92 Å². The van der Waals surface area contributed by atoms with Crippen molar-refractivity contribution in [3.63, 3.8) is 0 Å². The molecule has 0 aromatic heterocycles. The first-order chi connectivity index (χ1) is 3.79. The Hall–Kier alpha value is -0.253. The molecule has 1 aromatic carbocycles. The Morgan fingerprint density at radius 2 is 2.11 bits per heavy atom. The predicted molar refractivity (Wildman–Crippen MR) is 30.0 cm³/mol. The Morgan fingerprint density at radius 1 is 1.44 bits per heavy atom. The van der Waals surface area contributed by atoms with Crippen molar-refractivity contribution in [3.05, 3.63) is 35.6 Å². The van der Waals surface area contributed by atoms with Crippen LogP contribution in [-0.4, -0.2) is 0 Å². The summed E-state index contributed by atoms with van der Waals surface area (Å²) in [6.07, 6.45) is 0. The summed E-state index contributed by atoms with van der Waals surface area (Å²) < 4.78 is 12.1. The van der Waals surface area contributed by atoms with E-state index in [1.54, 1.807) is 6.07 Å². The van der Waals surface area contributed by atoms with E-state index in [0.29, 0.717) is 0 Å². The molecule has 0 saturated heterocycles. The molecule has 0 amide bonds. The first-order valence-electron chi connectivity index (χ1n) is 2.43. The first-order valence-corrected chi connectivity index (χ1v) is 2.43. The number of halogens is 1. The van der Waals surface area contributed by atoms with Gasteiger partial charge in [0.25, 0.3) is 0 Å². The van der Waals surface area contributed by atoms with Crippen LogP contribution in [0.1, 0.15) is 5.56 Å². The third kappa shape index (κ3) is 2.69. The van der Waals surface area contributed by atoms with Gasteiger partial charge in [-0.05, 0) is 0 Å². The second-order valence-electron chi connectivity index (χ2n) is 1.69. The fourth-order valence-electron chi connectivity index (χ4n) is 0.484. The van der Waals surface area contributed by atoms with Gasteiger partial charge in [0.05, 0.1) is 0 Å². The van der Waals surface area contributed by atoms with Gasteiger partial charge in [-0.25, -0.2) is 0 Å². The summed E-state index contributed by atoms with van der Waals surface area (Å²) in [6, 6.07) is 7.17. The molecule has 0 radical (unpaired) electrons. The van der Waals surface area contributed by atoms with E-state index < -0.39 is 0 Å². The van der Waals surface area contributed by atoms with Crippen LogP contribution in [0, 0.1) is 18.8 Å². The molecule has 0 N–H and O–H groups in total. The van der Waals surface area contributed by atoms with Gasteiger partial charge in [-0.15, -0.1) is 12.1 Å². The zero-order chi connectivity index (χ0) is 5.98. The van der Waals surface area contributed by atoms with Crippen molar-refractivity contribution in [1.29, 1.82) is 0 Å². The van der Waals surface area contributed by atoms with E-state index in [0.717, 1.165) is 5.56 Å². The zero-order valence-corrected chi connectivity index (χ0v) is 5.61. The van der Waals surface area contributed by atoms with Gasteiger partial charge in [0, 0.05) is 5.82 Å². The molecule has 0 heterocycles. The zero-order valence-electron chi connectivity index (χ0n) is 5.61. The van der Waals surface area contributed by atoms with Gasteiger partial charge < -0.3 is 0 Å². The van der Waals surface area contributed by atoms with Gasteiger partial charge >= 0.3 is 18.9 Å². The molecule has 1 rings (SSSR count). The largest absolute Gasteiger partial charge is 1.00 e. The SMILES string of the molecule is Cc1[c-]cc(F)cc1.[Li+]. The van der Waals surface area contributed by atoms with E-state index in [1.165, 1.54) is 12.1 Å². The Balaban J connectivity index is 0.000000640. The van der Waals surface area contributed by atoms with Crippen LogP contribution in [0.5, 0.6) is 0 Å². The average Bonchev–Trinajstić information content (AvgIpc) is 1.77. The van der Waals surface area contributed by atoms with Crippen molar-refractivity contribution in [2.24, 2.45) is 0 Å². The molecule has 0 spiro atoms. The van der Waals surface area contributed by atoms with Crippen LogP contribution in [0.4, 0.5) is 4.39 Å². The smallest absolute Gasteiger partial charge is 0.284 e. The monoisotopic (exact) mass is 116 g/mol. The minimum Gasteiger partial charge on any atom is -0.284 e. The molecular weight excluding hydrogens is 110 g/mol. The van der Waals surface area contributed by atoms with Crippen molar-refractivity contribution in [1.82, 2.24) is 0 Å². The number of rotatable bonds is 0. The minimum absolute atomic E-state index is 0. The average molecular weight is 116 g/mol. The standard InChI is InChI=1S/C7H6F.Li/c1-6-2-4-7(8)5-3-6;/h2,4-5H,1H3;/q-1;+1. The predicted octanol–water partition coefficient (Wildman–Crippen LogP) is -1.06. The summed E-state index contributed by atoms with van der Waals surface area (Å²) in [5, 5.41) is 0. The second kappa shape index (κ2) is 3.71. The normalized spacial score (nSPS) is 8.22. The summed E-state index contributed by atoms with van der Waals surface area (Å²) in [4.78, 5) is 0. The summed E-state index contributed by atoms with van der Waals surface area (Å²) in [7, 11) is 0. The third-order valence-electron chi connectivity index (χ3n) is 0.930. The Morgan fingerprint density at radius 3 is 2.44 bits per heavy atom. The van der Waals surface area contributed by atoms with E-state index in [9.17, 15) is 4.39 Å². The van der Waals surface area contributed by atoms with Crippen molar-refractivity contribution in [3.8, 4) is 0 Å². The number of hydrogen-bond donors (Lipinski definition) is 0. The summed E-state index contributed by atoms with van der Waals surface area (Å²) >= 11 is 0. The molecule has 0 unspecified atom stereocenters. The van der Waals surface area contributed by atoms with Crippen LogP contribution in [-0.2, 0) is 0 Å². The first kappa shape index (κ1) is 8.75. The minimum atomic E-state index is -0.226. The van der Waals surface area contributed by atoms with Gasteiger partial charge in [-0.1, -0.05) is 6.92 Å². The maximum atomic E-state index is 12.1. The molecule has 1 aromatic rings. The molecule has 0 aliphatic carbocycles. The maximum Gasteiger partial charge on any atom is 1.00 e. The quantitative estimate of drug-likeness (QED) is 0.299. The van der Waals surface area contributed by atoms with Crippen LogP contribution < -0.4 is 18.9 Å². The van der Waals surface area contributed by atoms with Gasteiger partial charge in [-0.2, -0.15) is 17.7 Å². The number of benzene rings is 1. The molecule has 0 nitrogen and oxygen atoms in total. The van der Waals surface area contributed by atoms with Crippen LogP contribution >= 0.6 is 0 Å². The van der Waals surface area contributed by atoms with Crippen LogP contribution in [0.25, 0.3) is 0 Å². The molecule has 42 valence electrons. The molecular formula is C7H6FLi. The molecule has 0 aliphatic heterocycles. The van der Waals surface area contributed by atoms with E-state index >= 15 is 0 Å². The van der Waals surface area contributed by atoms with Crippen LogP contribution in [0.15, 0.2) is 18.2 Å². The van der Waals surface area contributed by atoms with Gasteiger partial charge in [0.1, 0.15) is 0 Å². The second-order valence-corrected chi connectivity index (χ2v) is 1.69. The Labute approximate surface area is 66.3 Å². The van der Waals surface area contributed by atoms with Gasteiger partial charge in [0.2, 0.25) is 0 Å². The molecule has 9 heavy (non-hydrogen) atoms. The van der Waals surface area contributed by atoms with Crippen LogP contribution in [0.2, 0.25) is 0 Å². The van der Waals surface area contributed by atoms with Crippen LogP contribution in [0.3, 0.4) is 0 Å². The summed E-state index contributed by atoms with van der Waals surface area (Å²) in [6.45, 7) is 1.87. The fraction of sp³-hybridized carbons (Fsp3) is 0.143. The molecule has 0 bridgehead atoms. The topological polar surface area (TPSA) is 0 Å². The fourth-order valence-corrected chi connectivity index (χ4v) is 0.484. The molecule has 2 heteroatoms. The van der Waals surface area contributed by atoms with Gasteiger partial charge in [-0.3, -0.25) is 4.39 Å².